The summed E-state index contributed by atoms with van der Waals surface area (Å²) in [5.41, 5.74) is 0. The van der Waals surface area contributed by atoms with Gasteiger partial charge in [-0.2, -0.15) is 0 Å². The summed E-state index contributed by atoms with van der Waals surface area (Å²) in [6, 6.07) is 0.122. The highest BCUT2D eigenvalue weighted by Gasteiger charge is 2.28. The lowest BCUT2D eigenvalue weighted by molar-refractivity contribution is -0.126. The molecule has 6 heteroatoms. The van der Waals surface area contributed by atoms with Crippen LogP contribution < -0.4 is 5.32 Å². The maximum Gasteiger partial charge on any atom is 0.223 e. The van der Waals surface area contributed by atoms with Gasteiger partial charge >= 0.3 is 0 Å². The standard InChI is InChI=1S/C14H24N2O3S/c1-2-20(18,19)16-10-8-13(9-11-16)15-14(17)12-6-4-3-5-7-12/h3-4,12-13H,2,5-11H2,1H3,(H,15,17)/t12-/m0/s1. The first-order valence-corrected chi connectivity index (χ1v) is 9.07. The van der Waals surface area contributed by atoms with Crippen LogP contribution in [-0.4, -0.2) is 43.5 Å². The Balaban J connectivity index is 1.79. The first-order chi connectivity index (χ1) is 9.53. The van der Waals surface area contributed by atoms with Gasteiger partial charge in [0.1, 0.15) is 0 Å². The molecule has 2 rings (SSSR count). The summed E-state index contributed by atoms with van der Waals surface area (Å²) in [6.45, 7) is 2.71. The molecule has 0 bridgehead atoms. The molecule has 1 fully saturated rings. The van der Waals surface area contributed by atoms with Gasteiger partial charge in [-0.15, -0.1) is 0 Å². The first kappa shape index (κ1) is 15.5. The van der Waals surface area contributed by atoms with Gasteiger partial charge in [-0.25, -0.2) is 12.7 Å². The molecule has 0 spiro atoms. The Morgan fingerprint density at radius 3 is 2.50 bits per heavy atom. The lowest BCUT2D eigenvalue weighted by Crippen LogP contribution is -2.48. The fraction of sp³-hybridized carbons (Fsp3) is 0.786. The monoisotopic (exact) mass is 300 g/mol. The summed E-state index contributed by atoms with van der Waals surface area (Å²) in [4.78, 5) is 12.1. The normalized spacial score (nSPS) is 25.6. The van der Waals surface area contributed by atoms with Gasteiger partial charge < -0.3 is 5.32 Å². The highest BCUT2D eigenvalue weighted by atomic mass is 32.2. The molecule has 1 aliphatic heterocycles. The zero-order valence-corrected chi connectivity index (χ0v) is 12.9. The summed E-state index contributed by atoms with van der Waals surface area (Å²) in [5, 5.41) is 3.08. The second-order valence-corrected chi connectivity index (χ2v) is 7.82. The number of carbonyl (C=O) groups excluding carboxylic acids is 1. The number of hydrogen-bond donors (Lipinski definition) is 1. The minimum absolute atomic E-state index is 0.0948. The third-order valence-corrected chi connectivity index (χ3v) is 6.08. The highest BCUT2D eigenvalue weighted by Crippen LogP contribution is 2.20. The Labute approximate surface area is 121 Å². The van der Waals surface area contributed by atoms with E-state index in [-0.39, 0.29) is 23.6 Å². The van der Waals surface area contributed by atoms with Gasteiger partial charge in [0.05, 0.1) is 5.75 Å². The number of carbonyl (C=O) groups is 1. The molecule has 114 valence electrons. The molecule has 0 aromatic heterocycles. The van der Waals surface area contributed by atoms with Crippen molar-refractivity contribution in [1.29, 1.82) is 0 Å². The van der Waals surface area contributed by atoms with Gasteiger partial charge in [0.25, 0.3) is 0 Å². The van der Waals surface area contributed by atoms with Crippen molar-refractivity contribution in [2.75, 3.05) is 18.8 Å². The van der Waals surface area contributed by atoms with Crippen LogP contribution in [0.4, 0.5) is 0 Å². The van der Waals surface area contributed by atoms with Crippen LogP contribution in [0.3, 0.4) is 0 Å². The van der Waals surface area contributed by atoms with Gasteiger partial charge in [-0.3, -0.25) is 4.79 Å². The Morgan fingerprint density at radius 2 is 1.95 bits per heavy atom. The Hall–Kier alpha value is -0.880. The van der Waals surface area contributed by atoms with Crippen molar-refractivity contribution in [3.05, 3.63) is 12.2 Å². The molecule has 1 atom stereocenters. The largest absolute Gasteiger partial charge is 0.353 e. The Kier molecular flexibility index (Phi) is 5.21. The molecule has 0 aromatic carbocycles. The molecule has 1 N–H and O–H groups in total. The molecule has 1 amide bonds. The summed E-state index contributed by atoms with van der Waals surface area (Å²) in [6.07, 6.45) is 8.36. The van der Waals surface area contributed by atoms with Gasteiger partial charge in [-0.05, 0) is 39.0 Å². The molecule has 2 aliphatic rings. The van der Waals surface area contributed by atoms with Gasteiger partial charge in [0.2, 0.25) is 15.9 Å². The van der Waals surface area contributed by atoms with E-state index >= 15 is 0 Å². The van der Waals surface area contributed by atoms with Crippen LogP contribution in [0.25, 0.3) is 0 Å². The third kappa shape index (κ3) is 3.82. The summed E-state index contributed by atoms with van der Waals surface area (Å²) in [5.74, 6) is 0.377. The van der Waals surface area contributed by atoms with Gasteiger partial charge in [0.15, 0.2) is 0 Å². The Morgan fingerprint density at radius 1 is 1.25 bits per heavy atom. The molecule has 1 aliphatic carbocycles. The van der Waals surface area contributed by atoms with E-state index in [0.717, 1.165) is 19.3 Å². The van der Waals surface area contributed by atoms with E-state index in [4.69, 9.17) is 0 Å². The van der Waals surface area contributed by atoms with E-state index < -0.39 is 10.0 Å². The molecule has 20 heavy (non-hydrogen) atoms. The predicted octanol–water partition coefficient (Wildman–Crippen LogP) is 1.27. The van der Waals surface area contributed by atoms with E-state index in [9.17, 15) is 13.2 Å². The smallest absolute Gasteiger partial charge is 0.223 e. The minimum atomic E-state index is -3.08. The summed E-state index contributed by atoms with van der Waals surface area (Å²) < 4.78 is 25.1. The average molecular weight is 300 g/mol. The van der Waals surface area contributed by atoms with E-state index in [1.165, 1.54) is 0 Å². The second kappa shape index (κ2) is 6.72. The van der Waals surface area contributed by atoms with Crippen LogP contribution in [0.2, 0.25) is 0 Å². The van der Waals surface area contributed by atoms with Crippen LogP contribution in [0, 0.1) is 5.92 Å². The number of hydrogen-bond acceptors (Lipinski definition) is 3. The van der Waals surface area contributed by atoms with E-state index in [2.05, 4.69) is 17.5 Å². The van der Waals surface area contributed by atoms with Crippen molar-refractivity contribution in [1.82, 2.24) is 9.62 Å². The molecule has 0 aromatic rings. The zero-order chi connectivity index (χ0) is 14.6. The van der Waals surface area contributed by atoms with Gasteiger partial charge in [0, 0.05) is 25.0 Å². The summed E-state index contributed by atoms with van der Waals surface area (Å²) >= 11 is 0. The SMILES string of the molecule is CCS(=O)(=O)N1CCC(NC(=O)[C@H]2CC=CCC2)CC1. The molecular formula is C14H24N2O3S. The van der Waals surface area contributed by atoms with Gasteiger partial charge in [-0.1, -0.05) is 12.2 Å². The molecule has 0 saturated carbocycles. The molecular weight excluding hydrogens is 276 g/mol. The first-order valence-electron chi connectivity index (χ1n) is 7.46. The molecule has 0 radical (unpaired) electrons. The van der Waals surface area contributed by atoms with Crippen molar-refractivity contribution < 1.29 is 13.2 Å². The molecule has 1 heterocycles. The van der Waals surface area contributed by atoms with Crippen LogP contribution >= 0.6 is 0 Å². The molecule has 0 unspecified atom stereocenters. The van der Waals surface area contributed by atoms with Crippen molar-refractivity contribution in [2.24, 2.45) is 5.92 Å². The van der Waals surface area contributed by atoms with E-state index in [0.29, 0.717) is 25.9 Å². The third-order valence-electron chi connectivity index (χ3n) is 4.20. The number of allylic oxidation sites excluding steroid dienone is 2. The number of rotatable bonds is 4. The number of nitrogens with zero attached hydrogens (tertiary/aromatic N) is 1. The number of piperidine rings is 1. The van der Waals surface area contributed by atoms with Crippen LogP contribution in [0.15, 0.2) is 12.2 Å². The van der Waals surface area contributed by atoms with Crippen molar-refractivity contribution in [2.45, 2.75) is 45.1 Å². The van der Waals surface area contributed by atoms with E-state index in [1.807, 2.05) is 0 Å². The average Bonchev–Trinajstić information content (AvgIpc) is 2.48. The fourth-order valence-electron chi connectivity index (χ4n) is 2.81. The van der Waals surface area contributed by atoms with Crippen molar-refractivity contribution in [3.63, 3.8) is 0 Å². The maximum atomic E-state index is 12.1. The molecule has 1 saturated heterocycles. The lowest BCUT2D eigenvalue weighted by Gasteiger charge is -2.32. The minimum Gasteiger partial charge on any atom is -0.353 e. The summed E-state index contributed by atoms with van der Waals surface area (Å²) in [7, 11) is -3.08. The van der Waals surface area contributed by atoms with Crippen LogP contribution in [-0.2, 0) is 14.8 Å². The quantitative estimate of drug-likeness (QED) is 0.795. The lowest BCUT2D eigenvalue weighted by atomic mass is 9.93. The number of sulfonamides is 1. The van der Waals surface area contributed by atoms with Crippen LogP contribution in [0.1, 0.15) is 39.0 Å². The number of amides is 1. The zero-order valence-electron chi connectivity index (χ0n) is 12.0. The predicted molar refractivity (Wildman–Crippen MR) is 78.7 cm³/mol. The Bertz CT molecular complexity index is 465. The van der Waals surface area contributed by atoms with Crippen molar-refractivity contribution in [3.8, 4) is 0 Å². The fourth-order valence-corrected chi connectivity index (χ4v) is 3.94. The maximum absolute atomic E-state index is 12.1. The van der Waals surface area contributed by atoms with E-state index in [1.54, 1.807) is 11.2 Å². The van der Waals surface area contributed by atoms with Crippen molar-refractivity contribution >= 4 is 15.9 Å². The highest BCUT2D eigenvalue weighted by molar-refractivity contribution is 7.89. The topological polar surface area (TPSA) is 66.5 Å². The number of nitrogens with one attached hydrogen (secondary N) is 1. The second-order valence-electron chi connectivity index (χ2n) is 5.56. The molecule has 5 nitrogen and oxygen atoms in total. The van der Waals surface area contributed by atoms with Crippen LogP contribution in [0.5, 0.6) is 0 Å².